The van der Waals surface area contributed by atoms with E-state index in [2.05, 4.69) is 15.6 Å². The van der Waals surface area contributed by atoms with Crippen LogP contribution in [0.15, 0.2) is 85.1 Å². The minimum atomic E-state index is -0.789. The first kappa shape index (κ1) is 32.3. The maximum atomic E-state index is 13.1. The molecule has 11 nitrogen and oxygen atoms in total. The molecule has 7 N–H and O–H groups in total. The highest BCUT2D eigenvalue weighted by molar-refractivity contribution is 6.34. The lowest BCUT2D eigenvalue weighted by Crippen LogP contribution is -2.32. The molecule has 0 radical (unpaired) electrons. The van der Waals surface area contributed by atoms with Gasteiger partial charge in [0, 0.05) is 52.6 Å². The zero-order valence-electron chi connectivity index (χ0n) is 24.7. The molecule has 13 heteroatoms. The standard InChI is InChI=1S/C33H32Cl2N8O3/c34-22-17-23(35)19-26(18-22)46-25-7-3-5-20(15-25)31-42-27-16-21(32(45)40-14-11-24-6-1-2-12-39-24)9-10-28(27)43(31)29(30(36)44)8-4-13-41-33(37)38/h1-3,5-7,9-10,12,15-19,29H,4,8,11,13-14H2,(H2,36,44)(H,40,45)(H4,37,38,41). The number of nitrogens with one attached hydrogen (secondary N) is 3. The summed E-state index contributed by atoms with van der Waals surface area (Å²) in [5, 5.41) is 14.0. The fourth-order valence-electron chi connectivity index (χ4n) is 5.05. The van der Waals surface area contributed by atoms with Crippen LogP contribution in [-0.2, 0) is 11.2 Å². The molecule has 0 saturated heterocycles. The van der Waals surface area contributed by atoms with Crippen molar-refractivity contribution in [2.24, 2.45) is 11.5 Å². The van der Waals surface area contributed by atoms with Gasteiger partial charge in [-0.2, -0.15) is 0 Å². The molecule has 5 aromatic rings. The molecule has 0 saturated carbocycles. The van der Waals surface area contributed by atoms with E-state index in [4.69, 9.17) is 49.8 Å². The van der Waals surface area contributed by atoms with Gasteiger partial charge in [0.15, 0.2) is 5.96 Å². The average Bonchev–Trinajstić information content (AvgIpc) is 3.39. The Kier molecular flexibility index (Phi) is 10.4. The van der Waals surface area contributed by atoms with Gasteiger partial charge in [0.05, 0.1) is 11.0 Å². The van der Waals surface area contributed by atoms with E-state index in [1.54, 1.807) is 65.4 Å². The van der Waals surface area contributed by atoms with Gasteiger partial charge in [-0.3, -0.25) is 20.0 Å². The lowest BCUT2D eigenvalue weighted by molar-refractivity contribution is -0.121. The first-order chi connectivity index (χ1) is 22.2. The number of amides is 2. The van der Waals surface area contributed by atoms with E-state index in [0.717, 1.165) is 5.69 Å². The van der Waals surface area contributed by atoms with E-state index < -0.39 is 11.9 Å². The number of nitrogens with two attached hydrogens (primary N) is 2. The lowest BCUT2D eigenvalue weighted by Gasteiger charge is -2.20. The number of fused-ring (bicyclic) bond motifs is 1. The Hall–Kier alpha value is -5.13. The molecule has 0 fully saturated rings. The molecule has 2 amide bonds. The number of primary amides is 1. The summed E-state index contributed by atoms with van der Waals surface area (Å²) in [4.78, 5) is 35.1. The molecule has 2 aromatic heterocycles. The molecule has 1 unspecified atom stereocenters. The Morgan fingerprint density at radius 3 is 2.43 bits per heavy atom. The van der Waals surface area contributed by atoms with Crippen molar-refractivity contribution in [3.8, 4) is 22.9 Å². The summed E-state index contributed by atoms with van der Waals surface area (Å²) in [6.07, 6.45) is 3.15. The lowest BCUT2D eigenvalue weighted by atomic mass is 10.1. The fraction of sp³-hybridized carbons (Fsp3) is 0.182. The summed E-state index contributed by atoms with van der Waals surface area (Å²) < 4.78 is 7.83. The highest BCUT2D eigenvalue weighted by Crippen LogP contribution is 2.34. The summed E-state index contributed by atoms with van der Waals surface area (Å²) in [5.74, 6) is 0.430. The number of nitrogens with zero attached hydrogens (tertiary/aromatic N) is 3. The van der Waals surface area contributed by atoms with E-state index >= 15 is 0 Å². The van der Waals surface area contributed by atoms with Crippen molar-refractivity contribution in [2.45, 2.75) is 25.3 Å². The number of guanidine groups is 1. The molecule has 2 heterocycles. The molecule has 0 bridgehead atoms. The number of aromatic nitrogens is 3. The molecule has 0 aliphatic rings. The summed E-state index contributed by atoms with van der Waals surface area (Å²) in [6.45, 7) is 0.797. The van der Waals surface area contributed by atoms with Crippen LogP contribution in [-0.4, -0.2) is 45.4 Å². The van der Waals surface area contributed by atoms with E-state index in [0.29, 0.717) is 81.9 Å². The number of imidazole rings is 1. The molecular weight excluding hydrogens is 627 g/mol. The van der Waals surface area contributed by atoms with Gasteiger partial charge < -0.3 is 31.4 Å². The second-order valence-corrected chi connectivity index (χ2v) is 11.3. The number of carbonyl (C=O) groups excluding carboxylic acids is 2. The van der Waals surface area contributed by atoms with Gasteiger partial charge >= 0.3 is 0 Å². The highest BCUT2D eigenvalue weighted by atomic mass is 35.5. The third-order valence-corrected chi connectivity index (χ3v) is 7.55. The molecule has 5 rings (SSSR count). The van der Waals surface area contributed by atoms with Crippen LogP contribution in [0.2, 0.25) is 10.0 Å². The number of hydrogen-bond acceptors (Lipinski definition) is 6. The van der Waals surface area contributed by atoms with Crippen LogP contribution in [0.3, 0.4) is 0 Å². The summed E-state index contributed by atoms with van der Waals surface area (Å²) >= 11 is 12.3. The average molecular weight is 660 g/mol. The molecule has 0 aliphatic carbocycles. The maximum Gasteiger partial charge on any atom is 0.251 e. The van der Waals surface area contributed by atoms with Crippen molar-refractivity contribution in [1.29, 1.82) is 5.41 Å². The van der Waals surface area contributed by atoms with E-state index in [-0.39, 0.29) is 11.9 Å². The Bertz CT molecular complexity index is 1860. The van der Waals surface area contributed by atoms with Gasteiger partial charge in [0.1, 0.15) is 23.4 Å². The second-order valence-electron chi connectivity index (χ2n) is 10.5. The van der Waals surface area contributed by atoms with E-state index in [1.807, 2.05) is 24.3 Å². The van der Waals surface area contributed by atoms with E-state index in [9.17, 15) is 9.59 Å². The zero-order valence-corrected chi connectivity index (χ0v) is 26.2. The Labute approximate surface area is 275 Å². The fourth-order valence-corrected chi connectivity index (χ4v) is 5.56. The number of rotatable bonds is 13. The Balaban J connectivity index is 1.49. The zero-order chi connectivity index (χ0) is 32.6. The van der Waals surface area contributed by atoms with Crippen LogP contribution in [0.25, 0.3) is 22.4 Å². The minimum absolute atomic E-state index is 0.159. The molecule has 3 aromatic carbocycles. The SMILES string of the molecule is N=C(N)NCCCC(C(N)=O)n1c(-c2cccc(Oc3cc(Cl)cc(Cl)c3)c2)nc2cc(C(=O)NCCc3ccccn3)ccc21. The number of carbonyl (C=O) groups is 2. The predicted molar refractivity (Wildman–Crippen MR) is 179 cm³/mol. The van der Waals surface area contributed by atoms with Crippen molar-refractivity contribution in [3.63, 3.8) is 0 Å². The van der Waals surface area contributed by atoms with Crippen LogP contribution in [0.4, 0.5) is 0 Å². The third kappa shape index (κ3) is 8.12. The Morgan fingerprint density at radius 2 is 1.72 bits per heavy atom. The largest absolute Gasteiger partial charge is 0.457 e. The number of hydrogen-bond donors (Lipinski definition) is 5. The van der Waals surface area contributed by atoms with Crippen molar-refractivity contribution < 1.29 is 14.3 Å². The van der Waals surface area contributed by atoms with Crippen LogP contribution in [0.5, 0.6) is 11.5 Å². The number of benzene rings is 3. The van der Waals surface area contributed by atoms with Gasteiger partial charge in [-0.1, -0.05) is 41.4 Å². The van der Waals surface area contributed by atoms with Gasteiger partial charge in [0.2, 0.25) is 5.91 Å². The van der Waals surface area contributed by atoms with Gasteiger partial charge in [-0.15, -0.1) is 0 Å². The molecule has 236 valence electrons. The summed E-state index contributed by atoms with van der Waals surface area (Å²) in [7, 11) is 0. The molecule has 0 spiro atoms. The smallest absolute Gasteiger partial charge is 0.251 e. The molecule has 1 atom stereocenters. The number of halogens is 2. The number of pyridine rings is 1. The van der Waals surface area contributed by atoms with Crippen molar-refractivity contribution in [3.05, 3.63) is 106 Å². The highest BCUT2D eigenvalue weighted by Gasteiger charge is 2.25. The van der Waals surface area contributed by atoms with Crippen LogP contribution in [0, 0.1) is 5.41 Å². The van der Waals surface area contributed by atoms with Gasteiger partial charge in [0.25, 0.3) is 5.91 Å². The predicted octanol–water partition coefficient (Wildman–Crippen LogP) is 5.46. The molecule has 46 heavy (non-hydrogen) atoms. The van der Waals surface area contributed by atoms with Gasteiger partial charge in [-0.25, -0.2) is 4.98 Å². The summed E-state index contributed by atoms with van der Waals surface area (Å²) in [6, 6.07) is 22.1. The second kappa shape index (κ2) is 14.8. The van der Waals surface area contributed by atoms with Crippen molar-refractivity contribution >= 4 is 52.0 Å². The van der Waals surface area contributed by atoms with E-state index in [1.165, 1.54) is 0 Å². The number of ether oxygens (including phenoxy) is 1. The first-order valence-electron chi connectivity index (χ1n) is 14.5. The minimum Gasteiger partial charge on any atom is -0.457 e. The normalized spacial score (nSPS) is 11.6. The Morgan fingerprint density at radius 1 is 0.913 bits per heavy atom. The summed E-state index contributed by atoms with van der Waals surface area (Å²) in [5.41, 5.74) is 14.5. The molecular formula is C33H32Cl2N8O3. The quantitative estimate of drug-likeness (QED) is 0.0634. The van der Waals surface area contributed by atoms with Crippen molar-refractivity contribution in [2.75, 3.05) is 13.1 Å². The monoisotopic (exact) mass is 658 g/mol. The molecule has 0 aliphatic heterocycles. The topological polar surface area (TPSA) is 174 Å². The third-order valence-electron chi connectivity index (χ3n) is 7.12. The maximum absolute atomic E-state index is 13.1. The first-order valence-corrected chi connectivity index (χ1v) is 15.2. The van der Waals surface area contributed by atoms with Gasteiger partial charge in [-0.05, 0) is 73.5 Å². The van der Waals surface area contributed by atoms with Crippen LogP contribution >= 0.6 is 23.2 Å². The van der Waals surface area contributed by atoms with Crippen LogP contribution in [0.1, 0.15) is 34.9 Å². The van der Waals surface area contributed by atoms with Crippen LogP contribution < -0.4 is 26.8 Å². The van der Waals surface area contributed by atoms with Crippen molar-refractivity contribution in [1.82, 2.24) is 25.2 Å².